The van der Waals surface area contributed by atoms with Gasteiger partial charge in [-0.3, -0.25) is 9.59 Å². The predicted molar refractivity (Wildman–Crippen MR) is 118 cm³/mol. The lowest BCUT2D eigenvalue weighted by Crippen LogP contribution is -2.24. The number of fused-ring (bicyclic) bond motifs is 1. The molecule has 1 amide bonds. The first-order chi connectivity index (χ1) is 14.9. The van der Waals surface area contributed by atoms with Gasteiger partial charge in [0.1, 0.15) is 0 Å². The molecule has 0 unspecified atom stereocenters. The van der Waals surface area contributed by atoms with Crippen LogP contribution in [0.1, 0.15) is 38.3 Å². The van der Waals surface area contributed by atoms with Crippen molar-refractivity contribution in [2.75, 3.05) is 0 Å². The lowest BCUT2D eigenvalue weighted by molar-refractivity contribution is -0.117. The van der Waals surface area contributed by atoms with E-state index in [1.54, 1.807) is 24.4 Å². The van der Waals surface area contributed by atoms with Crippen LogP contribution >= 0.6 is 0 Å². The number of aromatic nitrogens is 1. The van der Waals surface area contributed by atoms with E-state index in [2.05, 4.69) is 5.32 Å². The molecule has 0 aliphatic heterocycles. The van der Waals surface area contributed by atoms with E-state index in [0.717, 1.165) is 16.8 Å². The van der Waals surface area contributed by atoms with E-state index in [0.29, 0.717) is 36.1 Å². The van der Waals surface area contributed by atoms with Crippen molar-refractivity contribution in [3.63, 3.8) is 0 Å². The topological polar surface area (TPSA) is 88.4 Å². The number of rotatable bonds is 6. The third-order valence-corrected chi connectivity index (χ3v) is 5.48. The first kappa shape index (κ1) is 20.3. The van der Waals surface area contributed by atoms with Gasteiger partial charge >= 0.3 is 5.97 Å². The van der Waals surface area contributed by atoms with E-state index >= 15 is 0 Å². The summed E-state index contributed by atoms with van der Waals surface area (Å²) >= 11 is 0. The fourth-order valence-electron chi connectivity index (χ4n) is 3.79. The summed E-state index contributed by atoms with van der Waals surface area (Å²) in [5.74, 6) is -1.16. The summed E-state index contributed by atoms with van der Waals surface area (Å²) in [6.07, 6.45) is 4.29. The molecule has 2 aromatic carbocycles. The minimum atomic E-state index is -0.983. The Hall–Kier alpha value is -3.93. The number of amides is 1. The zero-order chi connectivity index (χ0) is 22.0. The fraction of sp³-hybridized carbons (Fsp3) is 0.160. The highest BCUT2D eigenvalue weighted by Crippen LogP contribution is 2.23. The number of benzene rings is 2. The number of pyridine rings is 1. The zero-order valence-electron chi connectivity index (χ0n) is 17.1. The average Bonchev–Trinajstić information content (AvgIpc) is 3.23. The SMILES string of the molecule is Cn1cc(Cc2ccc(C(=O)O)cc2)c(=O)c2c1CC(C(=O)NCc1ccccc1)=C2. The maximum absolute atomic E-state index is 13.1. The smallest absolute Gasteiger partial charge is 0.335 e. The van der Waals surface area contributed by atoms with Crippen LogP contribution in [0.5, 0.6) is 0 Å². The zero-order valence-corrected chi connectivity index (χ0v) is 17.1. The molecule has 1 aliphatic carbocycles. The average molecular weight is 414 g/mol. The van der Waals surface area contributed by atoms with Gasteiger partial charge in [-0.25, -0.2) is 4.79 Å². The van der Waals surface area contributed by atoms with Gasteiger partial charge in [-0.1, -0.05) is 42.5 Å². The van der Waals surface area contributed by atoms with Crippen molar-refractivity contribution >= 4 is 18.0 Å². The number of hydrogen-bond acceptors (Lipinski definition) is 3. The van der Waals surface area contributed by atoms with Crippen molar-refractivity contribution < 1.29 is 14.7 Å². The van der Waals surface area contributed by atoms with Crippen LogP contribution in [-0.4, -0.2) is 21.6 Å². The van der Waals surface area contributed by atoms with Gasteiger partial charge in [0.05, 0.1) is 5.56 Å². The van der Waals surface area contributed by atoms with Crippen LogP contribution in [0, 0.1) is 0 Å². The van der Waals surface area contributed by atoms with Gasteiger partial charge in [0, 0.05) is 55.0 Å². The van der Waals surface area contributed by atoms with Gasteiger partial charge in [0.2, 0.25) is 5.91 Å². The molecule has 2 N–H and O–H groups in total. The quantitative estimate of drug-likeness (QED) is 0.649. The van der Waals surface area contributed by atoms with Gasteiger partial charge in [-0.2, -0.15) is 0 Å². The first-order valence-corrected chi connectivity index (χ1v) is 9.98. The van der Waals surface area contributed by atoms with Gasteiger partial charge in [0.25, 0.3) is 0 Å². The molecule has 1 aliphatic rings. The van der Waals surface area contributed by atoms with E-state index in [-0.39, 0.29) is 16.9 Å². The molecule has 0 saturated carbocycles. The number of nitrogens with zero attached hydrogens (tertiary/aromatic N) is 1. The maximum Gasteiger partial charge on any atom is 0.335 e. The Kier molecular flexibility index (Phi) is 5.54. The highest BCUT2D eigenvalue weighted by Gasteiger charge is 2.23. The van der Waals surface area contributed by atoms with Crippen LogP contribution in [0.4, 0.5) is 0 Å². The molecule has 0 fully saturated rings. The number of carboxylic acid groups (broad SMARTS) is 1. The highest BCUT2D eigenvalue weighted by molar-refractivity contribution is 6.00. The molecule has 3 aromatic rings. The summed E-state index contributed by atoms with van der Waals surface area (Å²) in [5, 5.41) is 11.9. The normalized spacial score (nSPS) is 12.2. The molecular formula is C25H22N2O4. The lowest BCUT2D eigenvalue weighted by Gasteiger charge is -2.11. The number of aryl methyl sites for hydroxylation is 1. The van der Waals surface area contributed by atoms with Gasteiger partial charge in [-0.15, -0.1) is 0 Å². The molecule has 0 bridgehead atoms. The highest BCUT2D eigenvalue weighted by atomic mass is 16.4. The van der Waals surface area contributed by atoms with Crippen LogP contribution in [0.15, 0.2) is 71.2 Å². The molecule has 0 saturated heterocycles. The molecule has 0 radical (unpaired) electrons. The summed E-state index contributed by atoms with van der Waals surface area (Å²) in [4.78, 5) is 36.7. The number of nitrogens with one attached hydrogen (secondary N) is 1. The van der Waals surface area contributed by atoms with Crippen LogP contribution in [0.3, 0.4) is 0 Å². The van der Waals surface area contributed by atoms with Crippen LogP contribution in [-0.2, 0) is 31.2 Å². The number of hydrogen-bond donors (Lipinski definition) is 2. The van der Waals surface area contributed by atoms with E-state index in [1.807, 2.05) is 41.9 Å². The predicted octanol–water partition coefficient (Wildman–Crippen LogP) is 2.93. The van der Waals surface area contributed by atoms with E-state index in [1.165, 1.54) is 12.1 Å². The third-order valence-electron chi connectivity index (χ3n) is 5.48. The molecule has 6 heteroatoms. The van der Waals surface area contributed by atoms with Crippen molar-refractivity contribution in [2.24, 2.45) is 7.05 Å². The Labute approximate surface area is 179 Å². The maximum atomic E-state index is 13.1. The molecule has 0 spiro atoms. The van der Waals surface area contributed by atoms with E-state index < -0.39 is 5.97 Å². The van der Waals surface area contributed by atoms with Gasteiger partial charge in [-0.05, 0) is 29.3 Å². The summed E-state index contributed by atoms with van der Waals surface area (Å²) < 4.78 is 1.89. The molecule has 31 heavy (non-hydrogen) atoms. The van der Waals surface area contributed by atoms with Crippen molar-refractivity contribution in [1.29, 1.82) is 0 Å². The Balaban J connectivity index is 1.53. The molecule has 6 nitrogen and oxygen atoms in total. The monoisotopic (exact) mass is 414 g/mol. The Bertz CT molecular complexity index is 1240. The number of carbonyl (C=O) groups is 2. The second kappa shape index (κ2) is 8.44. The summed E-state index contributed by atoms with van der Waals surface area (Å²) in [5.41, 5.74) is 4.52. The second-order valence-electron chi connectivity index (χ2n) is 7.65. The molecule has 1 aromatic heterocycles. The van der Waals surface area contributed by atoms with Gasteiger partial charge in [0.15, 0.2) is 5.43 Å². The minimum absolute atomic E-state index is 0.0960. The van der Waals surface area contributed by atoms with Crippen LogP contribution in [0.25, 0.3) is 6.08 Å². The number of aromatic carboxylic acids is 1. The summed E-state index contributed by atoms with van der Waals surface area (Å²) in [7, 11) is 1.87. The van der Waals surface area contributed by atoms with E-state index in [4.69, 9.17) is 5.11 Å². The molecule has 0 atom stereocenters. The molecular weight excluding hydrogens is 392 g/mol. The summed E-state index contributed by atoms with van der Waals surface area (Å²) in [6.45, 7) is 0.432. The van der Waals surface area contributed by atoms with Crippen LogP contribution < -0.4 is 10.7 Å². The first-order valence-electron chi connectivity index (χ1n) is 9.98. The standard InChI is InChI=1S/C25H22N2O4/c1-27-15-20(11-16-7-9-18(10-8-16)25(30)31)23(28)21-12-19(13-22(21)27)24(29)26-14-17-5-3-2-4-6-17/h2-10,12,15H,11,13-14H2,1H3,(H,26,29)(H,30,31). The van der Waals surface area contributed by atoms with Gasteiger partial charge < -0.3 is 15.0 Å². The Morgan fingerprint density at radius 1 is 1.03 bits per heavy atom. The summed E-state index contributed by atoms with van der Waals surface area (Å²) in [6, 6.07) is 16.2. The fourth-order valence-corrected chi connectivity index (χ4v) is 3.79. The number of carbonyl (C=O) groups excluding carboxylic acids is 1. The Morgan fingerprint density at radius 2 is 1.74 bits per heavy atom. The van der Waals surface area contributed by atoms with Crippen LogP contribution in [0.2, 0.25) is 0 Å². The molecule has 4 rings (SSSR count). The lowest BCUT2D eigenvalue weighted by atomic mass is 10.0. The van der Waals surface area contributed by atoms with Crippen molar-refractivity contribution in [3.8, 4) is 0 Å². The van der Waals surface area contributed by atoms with Crippen molar-refractivity contribution in [3.05, 3.63) is 110 Å². The number of carboxylic acids is 1. The van der Waals surface area contributed by atoms with Crippen molar-refractivity contribution in [1.82, 2.24) is 9.88 Å². The third kappa shape index (κ3) is 4.33. The molecule has 156 valence electrons. The minimum Gasteiger partial charge on any atom is -0.478 e. The van der Waals surface area contributed by atoms with E-state index in [9.17, 15) is 14.4 Å². The largest absolute Gasteiger partial charge is 0.478 e. The molecule has 1 heterocycles. The Morgan fingerprint density at radius 3 is 2.42 bits per heavy atom. The second-order valence-corrected chi connectivity index (χ2v) is 7.65. The van der Waals surface area contributed by atoms with Crippen molar-refractivity contribution in [2.45, 2.75) is 19.4 Å².